The van der Waals surface area contributed by atoms with Crippen molar-refractivity contribution in [3.63, 3.8) is 0 Å². The summed E-state index contributed by atoms with van der Waals surface area (Å²) < 4.78 is 12.4. The second-order valence-electron chi connectivity index (χ2n) is 2.01. The van der Waals surface area contributed by atoms with E-state index in [2.05, 4.69) is 0 Å². The number of carbonyl (C=O) groups is 1. The maximum atomic E-state index is 12.4. The predicted octanol–water partition coefficient (Wildman–Crippen LogP) is 3.40. The molecule has 64 valence electrons. The van der Waals surface area contributed by atoms with Crippen molar-refractivity contribution in [1.82, 2.24) is 0 Å². The monoisotopic (exact) mass is 202 g/mol. The van der Waals surface area contributed by atoms with E-state index in [1.165, 1.54) is 12.1 Å². The van der Waals surface area contributed by atoms with Gasteiger partial charge in [0.05, 0.1) is 0 Å². The maximum Gasteiger partial charge on any atom is 0.250 e. The van der Waals surface area contributed by atoms with Gasteiger partial charge in [0.15, 0.2) is 0 Å². The molecule has 0 heterocycles. The fourth-order valence-corrected chi connectivity index (χ4v) is 1.73. The Balaban J connectivity index is 2.64. The number of carbonyl (C=O) groups excluding carboxylic acids is 1. The molecule has 12 heavy (non-hydrogen) atoms. The Labute approximate surface area is 78.7 Å². The molecule has 0 saturated carbocycles. The van der Waals surface area contributed by atoms with Crippen LogP contribution in [-0.2, 0) is 0 Å². The van der Waals surface area contributed by atoms with Gasteiger partial charge in [-0.2, -0.15) is 0 Å². The molecule has 0 atom stereocenters. The average Bonchev–Trinajstić information content (AvgIpc) is 2.09. The van der Waals surface area contributed by atoms with E-state index in [9.17, 15) is 9.18 Å². The highest BCUT2D eigenvalue weighted by Gasteiger charge is 2.01. The van der Waals surface area contributed by atoms with Crippen LogP contribution in [-0.4, -0.2) is 10.7 Å². The Morgan fingerprint density at radius 3 is 2.42 bits per heavy atom. The summed E-state index contributed by atoms with van der Waals surface area (Å²) in [4.78, 5) is 11.7. The van der Waals surface area contributed by atoms with E-state index in [4.69, 9.17) is 0 Å². The van der Waals surface area contributed by atoms with Crippen molar-refractivity contribution >= 4 is 28.0 Å². The van der Waals surface area contributed by atoms with Crippen molar-refractivity contribution in [2.24, 2.45) is 0 Å². The molecule has 0 aliphatic heterocycles. The molecule has 0 bridgehead atoms. The van der Waals surface area contributed by atoms with Gasteiger partial charge in [0, 0.05) is 4.90 Å². The molecule has 0 unspecified atom stereocenters. The summed E-state index contributed by atoms with van der Waals surface area (Å²) in [5.74, 6) is -0.282. The summed E-state index contributed by atoms with van der Waals surface area (Å²) in [6.07, 6.45) is 1.72. The Morgan fingerprint density at radius 1 is 1.33 bits per heavy atom. The molecule has 1 aromatic rings. The number of halogens is 1. The highest BCUT2D eigenvalue weighted by molar-refractivity contribution is 8.38. The van der Waals surface area contributed by atoms with Crippen LogP contribution in [0.4, 0.5) is 9.18 Å². The molecule has 0 fully saturated rings. The van der Waals surface area contributed by atoms with Crippen LogP contribution in [0, 0.1) is 5.82 Å². The van der Waals surface area contributed by atoms with E-state index in [1.54, 1.807) is 18.4 Å². The fraction of sp³-hybridized carbons (Fsp3) is 0.125. The van der Waals surface area contributed by atoms with Crippen molar-refractivity contribution < 1.29 is 9.18 Å². The van der Waals surface area contributed by atoms with Gasteiger partial charge in [-0.3, -0.25) is 4.79 Å². The van der Waals surface area contributed by atoms with Crippen molar-refractivity contribution in [3.8, 4) is 0 Å². The predicted molar refractivity (Wildman–Crippen MR) is 51.2 cm³/mol. The lowest BCUT2D eigenvalue weighted by atomic mass is 10.4. The lowest BCUT2D eigenvalue weighted by Gasteiger charge is -1.96. The van der Waals surface area contributed by atoms with Crippen LogP contribution in [0.2, 0.25) is 0 Å². The van der Waals surface area contributed by atoms with E-state index < -0.39 is 0 Å². The number of rotatable bonds is 1. The highest BCUT2D eigenvalue weighted by Crippen LogP contribution is 2.24. The van der Waals surface area contributed by atoms with Gasteiger partial charge in [-0.1, -0.05) is 11.8 Å². The Kier molecular flexibility index (Phi) is 3.62. The van der Waals surface area contributed by atoms with Crippen LogP contribution in [0.1, 0.15) is 0 Å². The van der Waals surface area contributed by atoms with Gasteiger partial charge in [-0.05, 0) is 42.3 Å². The second-order valence-corrected chi connectivity index (χ2v) is 4.09. The Hall–Kier alpha value is -0.480. The summed E-state index contributed by atoms with van der Waals surface area (Å²) >= 11 is 2.26. The molecule has 0 radical (unpaired) electrons. The van der Waals surface area contributed by atoms with Gasteiger partial charge < -0.3 is 0 Å². The minimum atomic E-state index is -0.282. The molecule has 0 amide bonds. The van der Waals surface area contributed by atoms with Gasteiger partial charge in [0.2, 0.25) is 0 Å². The van der Waals surface area contributed by atoms with E-state index in [1.807, 2.05) is 0 Å². The third kappa shape index (κ3) is 2.87. The third-order valence-corrected chi connectivity index (χ3v) is 2.94. The minimum absolute atomic E-state index is 0.0154. The van der Waals surface area contributed by atoms with Gasteiger partial charge in [-0.25, -0.2) is 4.39 Å². The Bertz CT molecular complexity index is 271. The lowest BCUT2D eigenvalue weighted by molar-refractivity contribution is 0.276. The van der Waals surface area contributed by atoms with Crippen LogP contribution in [0.3, 0.4) is 0 Å². The molecule has 0 aliphatic carbocycles. The molecular formula is C8H7FOS2. The topological polar surface area (TPSA) is 17.1 Å². The van der Waals surface area contributed by atoms with Gasteiger partial charge in [0.1, 0.15) is 5.82 Å². The van der Waals surface area contributed by atoms with Gasteiger partial charge in [-0.15, -0.1) is 0 Å². The van der Waals surface area contributed by atoms with Crippen molar-refractivity contribution in [1.29, 1.82) is 0 Å². The molecule has 0 aromatic heterocycles. The first-order valence-corrected chi connectivity index (χ1v) is 5.28. The van der Waals surface area contributed by atoms with E-state index >= 15 is 0 Å². The van der Waals surface area contributed by atoms with Crippen LogP contribution < -0.4 is 0 Å². The van der Waals surface area contributed by atoms with E-state index in [-0.39, 0.29) is 10.3 Å². The maximum absolute atomic E-state index is 12.4. The molecular weight excluding hydrogens is 195 g/mol. The fourth-order valence-electron chi connectivity index (χ4n) is 0.641. The first-order valence-electron chi connectivity index (χ1n) is 3.24. The zero-order chi connectivity index (χ0) is 8.97. The van der Waals surface area contributed by atoms with Crippen molar-refractivity contribution in [2.75, 3.05) is 6.26 Å². The largest absolute Gasteiger partial charge is 0.274 e. The standard InChI is InChI=1S/C8H7FOS2/c1-11-8(10)12-7-4-2-6(9)3-5-7/h2-5H,1H3. The first-order chi connectivity index (χ1) is 5.72. The van der Waals surface area contributed by atoms with Gasteiger partial charge >= 0.3 is 0 Å². The molecule has 1 nitrogen and oxygen atoms in total. The number of hydrogen-bond donors (Lipinski definition) is 0. The van der Waals surface area contributed by atoms with Crippen molar-refractivity contribution in [3.05, 3.63) is 30.1 Å². The molecule has 1 rings (SSSR count). The number of thioether (sulfide) groups is 2. The normalized spacial score (nSPS) is 9.83. The smallest absolute Gasteiger partial charge is 0.250 e. The van der Waals surface area contributed by atoms with Crippen molar-refractivity contribution in [2.45, 2.75) is 4.90 Å². The molecule has 0 N–H and O–H groups in total. The third-order valence-electron chi connectivity index (χ3n) is 1.18. The average molecular weight is 202 g/mol. The second kappa shape index (κ2) is 4.52. The van der Waals surface area contributed by atoms with Crippen LogP contribution in [0.25, 0.3) is 0 Å². The SMILES string of the molecule is CSC(=O)Sc1ccc(F)cc1. The van der Waals surface area contributed by atoms with Crippen LogP contribution >= 0.6 is 23.5 Å². The summed E-state index contributed by atoms with van der Waals surface area (Å²) in [6.45, 7) is 0. The molecule has 0 spiro atoms. The zero-order valence-electron chi connectivity index (χ0n) is 6.41. The quantitative estimate of drug-likeness (QED) is 0.650. The number of benzene rings is 1. The molecule has 0 aliphatic rings. The molecule has 4 heteroatoms. The molecule has 1 aromatic carbocycles. The number of hydrogen-bond acceptors (Lipinski definition) is 3. The Morgan fingerprint density at radius 2 is 1.92 bits per heavy atom. The zero-order valence-corrected chi connectivity index (χ0v) is 8.05. The summed E-state index contributed by atoms with van der Waals surface area (Å²) in [5, 5.41) is 0. The van der Waals surface area contributed by atoms with E-state index in [0.717, 1.165) is 28.4 Å². The van der Waals surface area contributed by atoms with Crippen LogP contribution in [0.5, 0.6) is 0 Å². The van der Waals surface area contributed by atoms with Gasteiger partial charge in [0.25, 0.3) is 4.45 Å². The molecule has 0 saturated heterocycles. The van der Waals surface area contributed by atoms with E-state index in [0.29, 0.717) is 0 Å². The summed E-state index contributed by atoms with van der Waals surface area (Å²) in [5.41, 5.74) is 0. The lowest BCUT2D eigenvalue weighted by Crippen LogP contribution is -1.79. The summed E-state index contributed by atoms with van der Waals surface area (Å²) in [7, 11) is 0. The highest BCUT2D eigenvalue weighted by atomic mass is 32.2. The first kappa shape index (κ1) is 9.61. The summed E-state index contributed by atoms with van der Waals surface area (Å²) in [6, 6.07) is 5.87. The minimum Gasteiger partial charge on any atom is -0.274 e. The van der Waals surface area contributed by atoms with Crippen LogP contribution in [0.15, 0.2) is 29.2 Å².